The summed E-state index contributed by atoms with van der Waals surface area (Å²) in [4.78, 5) is 42.3. The van der Waals surface area contributed by atoms with Crippen molar-refractivity contribution in [2.75, 3.05) is 23.8 Å². The molecule has 0 radical (unpaired) electrons. The van der Waals surface area contributed by atoms with Crippen LogP contribution in [0.15, 0.2) is 35.3 Å². The van der Waals surface area contributed by atoms with Crippen molar-refractivity contribution < 1.29 is 19.1 Å². The molecule has 0 aliphatic heterocycles. The number of carbonyl (C=O) groups is 2. The number of ether oxygens (including phenoxy) is 2. The van der Waals surface area contributed by atoms with Gasteiger partial charge in [-0.2, -0.15) is 5.26 Å². The van der Waals surface area contributed by atoms with Gasteiger partial charge in [-0.05, 0) is 58.9 Å². The average Bonchev–Trinajstić information content (AvgIpc) is 2.85. The van der Waals surface area contributed by atoms with Gasteiger partial charge in [-0.15, -0.1) is 0 Å². The lowest BCUT2D eigenvalue weighted by molar-refractivity contribution is 0.0513. The Balaban J connectivity index is 2.08. The summed E-state index contributed by atoms with van der Waals surface area (Å²) >= 11 is 6.07. The number of pyridine rings is 2. The van der Waals surface area contributed by atoms with Crippen LogP contribution in [0, 0.1) is 11.3 Å². The fourth-order valence-electron chi connectivity index (χ4n) is 3.82. The average molecular weight is 555 g/mol. The summed E-state index contributed by atoms with van der Waals surface area (Å²) in [5, 5.41) is 19.1. The molecule has 0 bridgehead atoms. The number of aryl methyl sites for hydroxylation is 1. The quantitative estimate of drug-likeness (QED) is 0.266. The molecular weight excluding hydrogens is 524 g/mol. The van der Waals surface area contributed by atoms with Gasteiger partial charge in [0.15, 0.2) is 0 Å². The van der Waals surface area contributed by atoms with Gasteiger partial charge >= 0.3 is 12.1 Å². The van der Waals surface area contributed by atoms with Crippen LogP contribution in [0.4, 0.5) is 21.9 Å². The van der Waals surface area contributed by atoms with Crippen molar-refractivity contribution in [1.29, 1.82) is 5.26 Å². The smallest absolute Gasteiger partial charge is 0.407 e. The number of nitriles is 1. The third-order valence-electron chi connectivity index (χ3n) is 5.51. The van der Waals surface area contributed by atoms with E-state index >= 15 is 0 Å². The molecule has 11 nitrogen and oxygen atoms in total. The van der Waals surface area contributed by atoms with Crippen LogP contribution < -0.4 is 21.5 Å². The Bertz CT molecular complexity index is 1510. The molecule has 0 fully saturated rings. The lowest BCUT2D eigenvalue weighted by Crippen LogP contribution is -2.39. The predicted octanol–water partition coefficient (Wildman–Crippen LogP) is 4.70. The summed E-state index contributed by atoms with van der Waals surface area (Å²) in [5.74, 6) is -0.777. The summed E-state index contributed by atoms with van der Waals surface area (Å²) in [6.07, 6.45) is 0.882. The fraction of sp³-hybridized carbons (Fsp3) is 0.370. The van der Waals surface area contributed by atoms with Crippen molar-refractivity contribution in [2.24, 2.45) is 7.05 Å². The first-order valence-corrected chi connectivity index (χ1v) is 12.6. The second-order valence-electron chi connectivity index (χ2n) is 9.76. The Hall–Kier alpha value is -4.30. The number of hydrogen-bond donors (Lipinski definition) is 3. The first kappa shape index (κ1) is 29.3. The minimum Gasteiger partial charge on any atom is -0.462 e. The maximum absolute atomic E-state index is 13.3. The fourth-order valence-corrected chi connectivity index (χ4v) is 4.02. The SMILES string of the molecule is CCOC(=O)c1c(NC(C)CNC(=O)OC(C)(C)C)c2cc(Nc3ccnc(Cl)c3C#N)ccc2n(C)c1=O. The van der Waals surface area contributed by atoms with Gasteiger partial charge in [0.05, 0.1) is 23.5 Å². The summed E-state index contributed by atoms with van der Waals surface area (Å²) in [6.45, 7) is 8.95. The van der Waals surface area contributed by atoms with Gasteiger partial charge in [-0.1, -0.05) is 11.6 Å². The lowest BCUT2D eigenvalue weighted by Gasteiger charge is -2.23. The molecular formula is C27H31ClN6O5. The number of fused-ring (bicyclic) bond motifs is 1. The highest BCUT2D eigenvalue weighted by atomic mass is 35.5. The van der Waals surface area contributed by atoms with E-state index in [1.54, 1.807) is 65.9 Å². The highest BCUT2D eigenvalue weighted by molar-refractivity contribution is 6.31. The van der Waals surface area contributed by atoms with Gasteiger partial charge in [-0.3, -0.25) is 4.79 Å². The number of carbonyl (C=O) groups excluding carboxylic acids is 2. The third-order valence-corrected chi connectivity index (χ3v) is 5.80. The largest absolute Gasteiger partial charge is 0.462 e. The van der Waals surface area contributed by atoms with Crippen LogP contribution in [-0.2, 0) is 16.5 Å². The van der Waals surface area contributed by atoms with Crippen LogP contribution in [0.25, 0.3) is 10.9 Å². The molecule has 0 aliphatic carbocycles. The van der Waals surface area contributed by atoms with Gasteiger partial charge in [-0.25, -0.2) is 14.6 Å². The molecule has 2 heterocycles. The van der Waals surface area contributed by atoms with E-state index < -0.39 is 29.3 Å². The van der Waals surface area contributed by atoms with Crippen molar-refractivity contribution in [3.05, 3.63) is 57.1 Å². The molecule has 3 aromatic rings. The van der Waals surface area contributed by atoms with Gasteiger partial charge < -0.3 is 30.0 Å². The number of aromatic nitrogens is 2. The second-order valence-corrected chi connectivity index (χ2v) is 10.1. The Labute approximate surface area is 231 Å². The Morgan fingerprint density at radius 2 is 1.97 bits per heavy atom. The van der Waals surface area contributed by atoms with Gasteiger partial charge in [0.25, 0.3) is 5.56 Å². The van der Waals surface area contributed by atoms with E-state index in [-0.39, 0.29) is 35.1 Å². The van der Waals surface area contributed by atoms with Gasteiger partial charge in [0.1, 0.15) is 28.0 Å². The molecule has 0 saturated heterocycles. The number of halogens is 1. The highest BCUT2D eigenvalue weighted by Crippen LogP contribution is 2.31. The molecule has 206 valence electrons. The van der Waals surface area contributed by atoms with Gasteiger partial charge in [0.2, 0.25) is 0 Å². The molecule has 39 heavy (non-hydrogen) atoms. The molecule has 1 unspecified atom stereocenters. The molecule has 0 spiro atoms. The van der Waals surface area contributed by atoms with E-state index in [0.29, 0.717) is 22.3 Å². The predicted molar refractivity (Wildman–Crippen MR) is 150 cm³/mol. The zero-order valence-electron chi connectivity index (χ0n) is 22.6. The molecule has 3 N–H and O–H groups in total. The van der Waals surface area contributed by atoms with Crippen LogP contribution in [0.5, 0.6) is 0 Å². The normalized spacial score (nSPS) is 11.8. The molecule has 1 amide bonds. The Kier molecular flexibility index (Phi) is 9.04. The van der Waals surface area contributed by atoms with Crippen LogP contribution in [0.1, 0.15) is 50.5 Å². The topological polar surface area (TPSA) is 147 Å². The number of amides is 1. The number of benzene rings is 1. The minimum atomic E-state index is -0.777. The standard InChI is InChI=1S/C27H31ClN6O5/c1-7-38-25(36)21-22(32-15(2)14-31-26(37)39-27(3,4)5)17-12-16(8-9-20(17)34(6)24(21)35)33-19-10-11-30-23(28)18(19)13-29/h8-12,15,32H,7,14H2,1-6H3,(H,30,33)(H,31,37). The molecule has 12 heteroatoms. The molecule has 1 aromatic carbocycles. The van der Waals surface area contributed by atoms with Crippen LogP contribution in [0.3, 0.4) is 0 Å². The van der Waals surface area contributed by atoms with Crippen molar-refractivity contribution in [1.82, 2.24) is 14.9 Å². The van der Waals surface area contributed by atoms with E-state index in [1.165, 1.54) is 10.8 Å². The number of alkyl carbamates (subject to hydrolysis) is 1. The molecule has 2 aromatic heterocycles. The zero-order valence-corrected chi connectivity index (χ0v) is 23.4. The van der Waals surface area contributed by atoms with E-state index in [9.17, 15) is 19.6 Å². The zero-order chi connectivity index (χ0) is 28.9. The van der Waals surface area contributed by atoms with E-state index in [0.717, 1.165) is 0 Å². The molecule has 3 rings (SSSR count). The van der Waals surface area contributed by atoms with Crippen LogP contribution >= 0.6 is 11.6 Å². The number of nitrogens with one attached hydrogen (secondary N) is 3. The maximum atomic E-state index is 13.3. The summed E-state index contributed by atoms with van der Waals surface area (Å²) in [5.41, 5.74) is 0.611. The first-order valence-electron chi connectivity index (χ1n) is 12.2. The number of hydrogen-bond acceptors (Lipinski definition) is 9. The molecule has 0 aliphatic rings. The summed E-state index contributed by atoms with van der Waals surface area (Å²) < 4.78 is 11.9. The number of esters is 1. The van der Waals surface area contributed by atoms with Crippen LogP contribution in [0.2, 0.25) is 5.15 Å². The van der Waals surface area contributed by atoms with Crippen molar-refractivity contribution in [3.8, 4) is 6.07 Å². The third kappa shape index (κ3) is 6.97. The summed E-state index contributed by atoms with van der Waals surface area (Å²) in [6, 6.07) is 8.42. The maximum Gasteiger partial charge on any atom is 0.407 e. The Morgan fingerprint density at radius 1 is 1.26 bits per heavy atom. The number of anilines is 3. The molecule has 0 saturated carbocycles. The van der Waals surface area contributed by atoms with E-state index in [4.69, 9.17) is 21.1 Å². The molecule has 1 atom stereocenters. The van der Waals surface area contributed by atoms with Gasteiger partial charge in [0, 0.05) is 36.9 Å². The van der Waals surface area contributed by atoms with Crippen molar-refractivity contribution in [2.45, 2.75) is 46.3 Å². The van der Waals surface area contributed by atoms with Crippen molar-refractivity contribution in [3.63, 3.8) is 0 Å². The lowest BCUT2D eigenvalue weighted by atomic mass is 10.1. The van der Waals surface area contributed by atoms with E-state index in [2.05, 4.69) is 20.9 Å². The van der Waals surface area contributed by atoms with Crippen LogP contribution in [-0.4, -0.2) is 46.4 Å². The number of rotatable bonds is 8. The number of nitrogens with zero attached hydrogens (tertiary/aromatic N) is 3. The second kappa shape index (κ2) is 12.0. The monoisotopic (exact) mass is 554 g/mol. The minimum absolute atomic E-state index is 0.0592. The highest BCUT2D eigenvalue weighted by Gasteiger charge is 2.24. The Morgan fingerprint density at radius 3 is 2.62 bits per heavy atom. The summed E-state index contributed by atoms with van der Waals surface area (Å²) in [7, 11) is 1.56. The first-order chi connectivity index (χ1) is 18.4. The van der Waals surface area contributed by atoms with E-state index in [1.807, 2.05) is 6.07 Å². The van der Waals surface area contributed by atoms with Crippen molar-refractivity contribution >= 4 is 51.6 Å².